The van der Waals surface area contributed by atoms with Crippen molar-refractivity contribution in [2.75, 3.05) is 13.1 Å². The summed E-state index contributed by atoms with van der Waals surface area (Å²) in [7, 11) is 0. The smallest absolute Gasteiger partial charge is 0.374 e. The van der Waals surface area contributed by atoms with Gasteiger partial charge in [-0.2, -0.15) is 13.2 Å². The summed E-state index contributed by atoms with van der Waals surface area (Å²) in [6, 6.07) is 2.25. The molecule has 152 valence electrons. The van der Waals surface area contributed by atoms with E-state index >= 15 is 0 Å². The summed E-state index contributed by atoms with van der Waals surface area (Å²) >= 11 is 17.7. The second kappa shape index (κ2) is 8.27. The van der Waals surface area contributed by atoms with Crippen molar-refractivity contribution < 1.29 is 18.0 Å². The van der Waals surface area contributed by atoms with Gasteiger partial charge < -0.3 is 10.2 Å². The minimum absolute atomic E-state index is 0.00385. The van der Waals surface area contributed by atoms with Gasteiger partial charge >= 0.3 is 6.18 Å². The zero-order valence-corrected chi connectivity index (χ0v) is 17.2. The fourth-order valence-electron chi connectivity index (χ4n) is 3.19. The number of oxime groups is 1. The third-order valence-corrected chi connectivity index (χ3v) is 6.14. The first-order valence-electron chi connectivity index (χ1n) is 8.67. The van der Waals surface area contributed by atoms with E-state index in [0.29, 0.717) is 5.92 Å². The lowest BCUT2D eigenvalue weighted by Crippen LogP contribution is -2.42. The molecule has 0 amide bonds. The van der Waals surface area contributed by atoms with E-state index in [1.165, 1.54) is 0 Å². The van der Waals surface area contributed by atoms with Crippen molar-refractivity contribution in [2.45, 2.75) is 31.5 Å². The summed E-state index contributed by atoms with van der Waals surface area (Å²) in [6.07, 6.45) is 0.846. The van der Waals surface area contributed by atoms with Crippen LogP contribution in [0.1, 0.15) is 25.3 Å². The van der Waals surface area contributed by atoms with Crippen LogP contribution < -0.4 is 5.32 Å². The molecular weight excluding hydrogens is 436 g/mol. The first-order valence-corrected chi connectivity index (χ1v) is 9.80. The van der Waals surface area contributed by atoms with E-state index in [9.17, 15) is 13.2 Å². The number of hydrogen-bond acceptors (Lipinski definition) is 3. The van der Waals surface area contributed by atoms with Crippen LogP contribution in [0.15, 0.2) is 41.1 Å². The van der Waals surface area contributed by atoms with Crippen molar-refractivity contribution in [1.29, 1.82) is 0 Å². The Balaban J connectivity index is 1.79. The molecule has 1 fully saturated rings. The Bertz CT molecular complexity index is 824. The molecule has 3 rings (SSSR count). The Hall–Kier alpha value is -1.21. The first kappa shape index (κ1) is 21.5. The quantitative estimate of drug-likeness (QED) is 0.420. The highest BCUT2D eigenvalue weighted by Gasteiger charge is 2.62. The molecular formula is C19H18Cl3F3N2O. The molecule has 0 radical (unpaired) electrons. The highest BCUT2D eigenvalue weighted by atomic mass is 35.5. The molecule has 1 saturated heterocycles. The number of alkyl halides is 3. The number of nitrogens with zero attached hydrogens (tertiary/aromatic N) is 1. The van der Waals surface area contributed by atoms with Crippen molar-refractivity contribution in [3.8, 4) is 0 Å². The second-order valence-corrected chi connectivity index (χ2v) is 7.95. The Morgan fingerprint density at radius 1 is 1.29 bits per heavy atom. The van der Waals surface area contributed by atoms with Crippen molar-refractivity contribution in [1.82, 2.24) is 5.32 Å². The number of rotatable bonds is 5. The molecule has 1 aromatic carbocycles. The summed E-state index contributed by atoms with van der Waals surface area (Å²) in [6.45, 7) is 3.75. The molecule has 28 heavy (non-hydrogen) atoms. The van der Waals surface area contributed by atoms with Crippen LogP contribution in [0.5, 0.6) is 0 Å². The lowest BCUT2D eigenvalue weighted by molar-refractivity contribution is -0.275. The molecule has 0 aliphatic carbocycles. The van der Waals surface area contributed by atoms with Gasteiger partial charge in [0.1, 0.15) is 0 Å². The fourth-order valence-corrected chi connectivity index (χ4v) is 3.78. The Labute approximate surface area is 176 Å². The van der Waals surface area contributed by atoms with E-state index in [1.54, 1.807) is 0 Å². The monoisotopic (exact) mass is 452 g/mol. The van der Waals surface area contributed by atoms with Crippen LogP contribution in [0.4, 0.5) is 13.2 Å². The van der Waals surface area contributed by atoms with Crippen LogP contribution in [-0.2, 0) is 10.4 Å². The Morgan fingerprint density at radius 2 is 1.93 bits per heavy atom. The summed E-state index contributed by atoms with van der Waals surface area (Å²) in [4.78, 5) is 4.96. The average Bonchev–Trinajstić information content (AvgIpc) is 3.02. The highest BCUT2D eigenvalue weighted by molar-refractivity contribution is 6.48. The van der Waals surface area contributed by atoms with Gasteiger partial charge in [-0.15, -0.1) is 0 Å². The third kappa shape index (κ3) is 4.06. The van der Waals surface area contributed by atoms with Crippen LogP contribution in [0.25, 0.3) is 0 Å². The van der Waals surface area contributed by atoms with Gasteiger partial charge in [0.05, 0.1) is 20.8 Å². The van der Waals surface area contributed by atoms with E-state index in [4.69, 9.17) is 39.6 Å². The van der Waals surface area contributed by atoms with Gasteiger partial charge in [0.15, 0.2) is 0 Å². The maximum absolute atomic E-state index is 14.0. The van der Waals surface area contributed by atoms with E-state index in [1.807, 2.05) is 25.2 Å². The summed E-state index contributed by atoms with van der Waals surface area (Å²) in [5, 5.41) is 6.75. The van der Waals surface area contributed by atoms with Gasteiger partial charge in [-0.05, 0) is 24.6 Å². The lowest BCUT2D eigenvalue weighted by atomic mass is 9.87. The normalized spacial score (nSPS) is 23.7. The zero-order chi connectivity index (χ0) is 20.5. The Kier molecular flexibility index (Phi) is 6.35. The number of halogens is 6. The van der Waals surface area contributed by atoms with E-state index in [0.717, 1.165) is 30.8 Å². The third-order valence-electron chi connectivity index (χ3n) is 4.94. The molecule has 1 atom stereocenters. The topological polar surface area (TPSA) is 33.6 Å². The van der Waals surface area contributed by atoms with Crippen LogP contribution in [0.3, 0.4) is 0 Å². The molecule has 1 N–H and O–H groups in total. The molecule has 2 aliphatic rings. The van der Waals surface area contributed by atoms with Gasteiger partial charge in [0.25, 0.3) is 5.60 Å². The molecule has 1 aromatic rings. The fraction of sp³-hybridized carbons (Fsp3) is 0.421. The number of nitrogens with one attached hydrogen (secondary N) is 1. The molecule has 0 aromatic heterocycles. The van der Waals surface area contributed by atoms with E-state index in [2.05, 4.69) is 10.5 Å². The van der Waals surface area contributed by atoms with E-state index < -0.39 is 18.2 Å². The van der Waals surface area contributed by atoms with Crippen LogP contribution >= 0.6 is 34.8 Å². The van der Waals surface area contributed by atoms with Crippen LogP contribution in [-0.4, -0.2) is 25.0 Å². The summed E-state index contributed by atoms with van der Waals surface area (Å²) < 4.78 is 41.9. The summed E-state index contributed by atoms with van der Waals surface area (Å²) in [5.41, 5.74) is -1.42. The second-order valence-electron chi connectivity index (χ2n) is 6.75. The molecule has 2 aliphatic heterocycles. The van der Waals surface area contributed by atoms with Crippen molar-refractivity contribution in [3.05, 3.63) is 56.6 Å². The zero-order valence-electron chi connectivity index (χ0n) is 14.9. The first-order chi connectivity index (χ1) is 13.2. The van der Waals surface area contributed by atoms with Gasteiger partial charge in [-0.3, -0.25) is 0 Å². The molecule has 0 saturated carbocycles. The summed E-state index contributed by atoms with van der Waals surface area (Å²) in [5.74, 6) is 0.440. The van der Waals surface area contributed by atoms with Gasteiger partial charge in [-0.1, -0.05) is 58.2 Å². The standard InChI is InChI=1S/C19H18Cl3F3N2O/c1-2-11(12-9-26-10-12)4-3-5-14-8-18(28-27-14,19(23,24)25)13-6-15(20)17(22)16(21)7-13/h2-4,6-7,12,26H,5,8-10H2,1H3/b4-3-,11-2+. The minimum atomic E-state index is -4.71. The predicted molar refractivity (Wildman–Crippen MR) is 106 cm³/mol. The molecule has 0 spiro atoms. The van der Waals surface area contributed by atoms with Gasteiger partial charge in [0, 0.05) is 37.4 Å². The van der Waals surface area contributed by atoms with Crippen LogP contribution in [0.2, 0.25) is 15.1 Å². The molecule has 1 unspecified atom stereocenters. The van der Waals surface area contributed by atoms with Crippen molar-refractivity contribution >= 4 is 40.5 Å². The van der Waals surface area contributed by atoms with Crippen molar-refractivity contribution in [2.24, 2.45) is 11.1 Å². The number of hydrogen-bond donors (Lipinski definition) is 1. The van der Waals surface area contributed by atoms with E-state index in [-0.39, 0.29) is 32.8 Å². The average molecular weight is 454 g/mol. The molecule has 0 bridgehead atoms. The molecule has 2 heterocycles. The van der Waals surface area contributed by atoms with Crippen molar-refractivity contribution in [3.63, 3.8) is 0 Å². The van der Waals surface area contributed by atoms with Gasteiger partial charge in [0.2, 0.25) is 0 Å². The lowest BCUT2D eigenvalue weighted by Gasteiger charge is -2.30. The highest BCUT2D eigenvalue weighted by Crippen LogP contribution is 2.50. The minimum Gasteiger partial charge on any atom is -0.374 e. The maximum Gasteiger partial charge on any atom is 0.435 e. The number of benzene rings is 1. The number of allylic oxidation sites excluding steroid dienone is 3. The predicted octanol–water partition coefficient (Wildman–Crippen LogP) is 6.29. The molecule has 9 heteroatoms. The largest absolute Gasteiger partial charge is 0.435 e. The Morgan fingerprint density at radius 3 is 2.43 bits per heavy atom. The SMILES string of the molecule is C/C=C(\C=C/CC1=NOC(c2cc(Cl)c(Cl)c(Cl)c2)(C(F)(F)F)C1)C1CNC1. The van der Waals surface area contributed by atoms with Crippen LogP contribution in [0, 0.1) is 5.92 Å². The van der Waals surface area contributed by atoms with Gasteiger partial charge in [-0.25, -0.2) is 0 Å². The molecule has 3 nitrogen and oxygen atoms in total. The maximum atomic E-state index is 14.0.